The molecular weight excluding hydrogens is 386 g/mol. The van der Waals surface area contributed by atoms with Gasteiger partial charge < -0.3 is 9.73 Å². The van der Waals surface area contributed by atoms with Gasteiger partial charge in [-0.2, -0.15) is 4.98 Å². The van der Waals surface area contributed by atoms with Gasteiger partial charge in [-0.1, -0.05) is 35.9 Å². The molecule has 0 saturated heterocycles. The molecular formula is C23H14ClN3O2. The number of hydrogen-bond acceptors (Lipinski definition) is 4. The summed E-state index contributed by atoms with van der Waals surface area (Å²) >= 11 is 6.25. The van der Waals surface area contributed by atoms with Gasteiger partial charge in [-0.15, -0.1) is 0 Å². The van der Waals surface area contributed by atoms with Crippen molar-refractivity contribution in [3.63, 3.8) is 0 Å². The minimum absolute atomic E-state index is 0.198. The molecule has 1 amide bonds. The molecule has 1 N–H and O–H groups in total. The third kappa shape index (κ3) is 3.22. The van der Waals surface area contributed by atoms with Crippen molar-refractivity contribution in [3.05, 3.63) is 89.6 Å². The lowest BCUT2D eigenvalue weighted by Crippen LogP contribution is -2.12. The molecule has 6 heteroatoms. The summed E-state index contributed by atoms with van der Waals surface area (Å²) in [5.74, 6) is 0.289. The molecule has 0 aliphatic carbocycles. The van der Waals surface area contributed by atoms with Gasteiger partial charge >= 0.3 is 0 Å². The van der Waals surface area contributed by atoms with Crippen LogP contribution in [-0.4, -0.2) is 15.9 Å². The molecule has 5 nitrogen and oxygen atoms in total. The van der Waals surface area contributed by atoms with Gasteiger partial charge in [-0.3, -0.25) is 4.79 Å². The molecule has 3 aromatic carbocycles. The van der Waals surface area contributed by atoms with Crippen molar-refractivity contribution in [2.75, 3.05) is 5.32 Å². The van der Waals surface area contributed by atoms with E-state index in [0.29, 0.717) is 33.4 Å². The number of carbonyl (C=O) groups excluding carboxylic acids is 1. The first kappa shape index (κ1) is 17.4. The SMILES string of the molecule is O=C(Nc1ccc(-c2nc3ncccc3o2)cc1)c1cccc2c(Cl)cccc12. The fourth-order valence-corrected chi connectivity index (χ4v) is 3.49. The molecule has 140 valence electrons. The van der Waals surface area contributed by atoms with E-state index >= 15 is 0 Å². The van der Waals surface area contributed by atoms with Crippen LogP contribution in [0.4, 0.5) is 5.69 Å². The number of rotatable bonds is 3. The number of carbonyl (C=O) groups is 1. The Kier molecular flexibility index (Phi) is 4.22. The van der Waals surface area contributed by atoms with Gasteiger partial charge in [-0.05, 0) is 53.9 Å². The number of anilines is 1. The largest absolute Gasteiger partial charge is 0.434 e. The van der Waals surface area contributed by atoms with Crippen LogP contribution in [0.5, 0.6) is 0 Å². The number of halogens is 1. The van der Waals surface area contributed by atoms with E-state index in [1.54, 1.807) is 18.3 Å². The monoisotopic (exact) mass is 399 g/mol. The van der Waals surface area contributed by atoms with E-state index in [1.165, 1.54) is 0 Å². The number of nitrogens with one attached hydrogen (secondary N) is 1. The summed E-state index contributed by atoms with van der Waals surface area (Å²) in [5, 5.41) is 5.21. The lowest BCUT2D eigenvalue weighted by atomic mass is 10.0. The Morgan fingerprint density at radius 2 is 1.69 bits per heavy atom. The number of oxazole rings is 1. The highest BCUT2D eigenvalue weighted by Crippen LogP contribution is 2.27. The molecule has 5 aromatic rings. The molecule has 0 atom stereocenters. The highest BCUT2D eigenvalue weighted by atomic mass is 35.5. The summed E-state index contributed by atoms with van der Waals surface area (Å²) in [4.78, 5) is 21.4. The minimum Gasteiger partial charge on any atom is -0.434 e. The second-order valence-corrected chi connectivity index (χ2v) is 6.92. The summed E-state index contributed by atoms with van der Waals surface area (Å²) in [5.41, 5.74) is 3.24. The zero-order valence-corrected chi connectivity index (χ0v) is 15.9. The molecule has 0 unspecified atom stereocenters. The number of amides is 1. The van der Waals surface area contributed by atoms with Gasteiger partial charge in [0.2, 0.25) is 5.89 Å². The summed E-state index contributed by atoms with van der Waals surface area (Å²) in [6.45, 7) is 0. The topological polar surface area (TPSA) is 68.0 Å². The zero-order valence-electron chi connectivity index (χ0n) is 15.1. The van der Waals surface area contributed by atoms with Crippen LogP contribution in [0.2, 0.25) is 5.02 Å². The summed E-state index contributed by atoms with van der Waals surface area (Å²) in [6, 6.07) is 22.0. The van der Waals surface area contributed by atoms with E-state index in [4.69, 9.17) is 16.0 Å². The standard InChI is InChI=1S/C23H14ClN3O2/c24-19-7-2-4-16-17(19)5-1-6-18(16)22(28)26-15-11-9-14(10-12-15)23-27-21-20(29-23)8-3-13-25-21/h1-13H,(H,26,28). The molecule has 0 radical (unpaired) electrons. The third-order valence-corrected chi connectivity index (χ3v) is 5.00. The maximum Gasteiger partial charge on any atom is 0.256 e. The Morgan fingerprint density at radius 3 is 2.52 bits per heavy atom. The summed E-state index contributed by atoms with van der Waals surface area (Å²) in [7, 11) is 0. The Labute approximate surface area is 171 Å². The number of fused-ring (bicyclic) bond motifs is 2. The second kappa shape index (κ2) is 7.04. The van der Waals surface area contributed by atoms with Gasteiger partial charge in [0.05, 0.1) is 0 Å². The van der Waals surface area contributed by atoms with E-state index in [9.17, 15) is 4.79 Å². The van der Waals surface area contributed by atoms with E-state index < -0.39 is 0 Å². The van der Waals surface area contributed by atoms with Crippen LogP contribution in [0.3, 0.4) is 0 Å². The molecule has 0 spiro atoms. The zero-order chi connectivity index (χ0) is 19.8. The first-order chi connectivity index (χ1) is 14.2. The van der Waals surface area contributed by atoms with Crippen molar-refractivity contribution in [2.45, 2.75) is 0 Å². The normalized spacial score (nSPS) is 11.1. The highest BCUT2D eigenvalue weighted by molar-refractivity contribution is 6.36. The maximum absolute atomic E-state index is 12.8. The van der Waals surface area contributed by atoms with Crippen molar-refractivity contribution in [1.29, 1.82) is 0 Å². The molecule has 0 aliphatic heterocycles. The number of nitrogens with zero attached hydrogens (tertiary/aromatic N) is 2. The first-order valence-electron chi connectivity index (χ1n) is 9.00. The van der Waals surface area contributed by atoms with Crippen LogP contribution in [0.15, 0.2) is 83.4 Å². The fourth-order valence-electron chi connectivity index (χ4n) is 3.26. The van der Waals surface area contributed by atoms with Crippen LogP contribution in [0.25, 0.3) is 33.5 Å². The number of aromatic nitrogens is 2. The predicted octanol–water partition coefficient (Wildman–Crippen LogP) is 5.95. The lowest BCUT2D eigenvalue weighted by molar-refractivity contribution is 0.102. The summed E-state index contributed by atoms with van der Waals surface area (Å²) in [6.07, 6.45) is 1.67. The molecule has 29 heavy (non-hydrogen) atoms. The third-order valence-electron chi connectivity index (χ3n) is 4.67. The second-order valence-electron chi connectivity index (χ2n) is 6.52. The van der Waals surface area contributed by atoms with E-state index in [2.05, 4.69) is 15.3 Å². The Bertz CT molecular complexity index is 1330. The van der Waals surface area contributed by atoms with Gasteiger partial charge in [0.25, 0.3) is 5.91 Å². The van der Waals surface area contributed by atoms with Crippen molar-refractivity contribution in [1.82, 2.24) is 9.97 Å². The number of hydrogen-bond donors (Lipinski definition) is 1. The van der Waals surface area contributed by atoms with Gasteiger partial charge in [-0.25, -0.2) is 4.98 Å². The van der Waals surface area contributed by atoms with Crippen LogP contribution in [0, 0.1) is 0 Å². The Morgan fingerprint density at radius 1 is 0.897 bits per heavy atom. The van der Waals surface area contributed by atoms with Gasteiger partial charge in [0.1, 0.15) is 0 Å². The average Bonchev–Trinajstić information content (AvgIpc) is 3.18. The molecule has 0 bridgehead atoms. The van der Waals surface area contributed by atoms with Gasteiger partial charge in [0.15, 0.2) is 11.2 Å². The number of benzene rings is 3. The van der Waals surface area contributed by atoms with Crippen LogP contribution in [0.1, 0.15) is 10.4 Å². The van der Waals surface area contributed by atoms with Crippen molar-refractivity contribution >= 4 is 45.2 Å². The van der Waals surface area contributed by atoms with Crippen molar-refractivity contribution < 1.29 is 9.21 Å². The first-order valence-corrected chi connectivity index (χ1v) is 9.37. The van der Waals surface area contributed by atoms with Crippen LogP contribution in [-0.2, 0) is 0 Å². The van der Waals surface area contributed by atoms with Crippen molar-refractivity contribution in [2.24, 2.45) is 0 Å². The molecule has 0 saturated carbocycles. The van der Waals surface area contributed by atoms with Crippen LogP contribution < -0.4 is 5.32 Å². The van der Waals surface area contributed by atoms with Crippen LogP contribution >= 0.6 is 11.6 Å². The minimum atomic E-state index is -0.198. The van der Waals surface area contributed by atoms with Crippen molar-refractivity contribution in [3.8, 4) is 11.5 Å². The molecule has 5 rings (SSSR count). The molecule has 2 heterocycles. The average molecular weight is 400 g/mol. The maximum atomic E-state index is 12.8. The van der Waals surface area contributed by atoms with E-state index in [1.807, 2.05) is 60.7 Å². The van der Waals surface area contributed by atoms with E-state index in [0.717, 1.165) is 16.3 Å². The predicted molar refractivity (Wildman–Crippen MR) is 114 cm³/mol. The Hall–Kier alpha value is -3.70. The molecule has 2 aromatic heterocycles. The molecule has 0 aliphatic rings. The number of pyridine rings is 1. The van der Waals surface area contributed by atoms with Gasteiger partial charge in [0, 0.05) is 33.4 Å². The summed E-state index contributed by atoms with van der Waals surface area (Å²) < 4.78 is 5.73. The smallest absolute Gasteiger partial charge is 0.256 e. The lowest BCUT2D eigenvalue weighted by Gasteiger charge is -2.09. The van der Waals surface area contributed by atoms with E-state index in [-0.39, 0.29) is 5.91 Å². The Balaban J connectivity index is 1.41. The molecule has 0 fully saturated rings. The highest BCUT2D eigenvalue weighted by Gasteiger charge is 2.13. The quantitative estimate of drug-likeness (QED) is 0.407. The fraction of sp³-hybridized carbons (Fsp3) is 0.